The minimum Gasteiger partial charge on any atom is -0.492 e. The van der Waals surface area contributed by atoms with E-state index < -0.39 is 11.4 Å². The number of rotatable bonds is 9. The highest BCUT2D eigenvalue weighted by Crippen LogP contribution is 2.30. The molecule has 3 aromatic rings. The Bertz CT molecular complexity index is 1460. The van der Waals surface area contributed by atoms with Gasteiger partial charge in [-0.3, -0.25) is 18.8 Å². The molecule has 0 bridgehead atoms. The second kappa shape index (κ2) is 13.7. The first kappa shape index (κ1) is 29.3. The lowest BCUT2D eigenvalue weighted by Crippen LogP contribution is -2.46. The fourth-order valence-electron chi connectivity index (χ4n) is 6.42. The summed E-state index contributed by atoms with van der Waals surface area (Å²) < 4.78 is 28.6. The van der Waals surface area contributed by atoms with Crippen molar-refractivity contribution >= 4 is 22.8 Å². The molecule has 2 aromatic heterocycles. The smallest absolute Gasteiger partial charge is 0.333 e. The van der Waals surface area contributed by atoms with Crippen LogP contribution in [0.4, 0.5) is 4.39 Å². The number of thioether (sulfide) groups is 1. The number of nitrogens with zero attached hydrogens (tertiary/aromatic N) is 4. The van der Waals surface area contributed by atoms with Crippen molar-refractivity contribution in [2.45, 2.75) is 63.2 Å². The Morgan fingerprint density at radius 1 is 0.976 bits per heavy atom. The fraction of sp³-hybridized carbons (Fsp3) is 0.581. The maximum Gasteiger partial charge on any atom is 0.333 e. The van der Waals surface area contributed by atoms with Gasteiger partial charge in [0.25, 0.3) is 5.56 Å². The first-order chi connectivity index (χ1) is 20.6. The Morgan fingerprint density at radius 3 is 2.43 bits per heavy atom. The van der Waals surface area contributed by atoms with Crippen molar-refractivity contribution in [1.82, 2.24) is 24.3 Å². The molecule has 11 heteroatoms. The lowest BCUT2D eigenvalue weighted by molar-refractivity contribution is 0.0322. The lowest BCUT2D eigenvalue weighted by Gasteiger charge is -2.31. The predicted octanol–water partition coefficient (Wildman–Crippen LogP) is 3.75. The van der Waals surface area contributed by atoms with Gasteiger partial charge in [0.1, 0.15) is 23.8 Å². The average Bonchev–Trinajstić information content (AvgIpc) is 3.03. The van der Waals surface area contributed by atoms with Crippen LogP contribution < -0.4 is 21.3 Å². The Kier molecular flexibility index (Phi) is 9.58. The molecule has 0 radical (unpaired) electrons. The summed E-state index contributed by atoms with van der Waals surface area (Å²) in [6.07, 6.45) is 5.95. The zero-order valence-corrected chi connectivity index (χ0v) is 24.8. The zero-order chi connectivity index (χ0) is 28.9. The SMILES string of the molecule is O=c1c2cc(F)cnc2n(C2CCSCC2)c(=O)n1C1CCC(NCc2ccc(OCCN3CCOCC3)cc2)CC1. The van der Waals surface area contributed by atoms with Gasteiger partial charge >= 0.3 is 5.69 Å². The number of fused-ring (bicyclic) bond motifs is 1. The van der Waals surface area contributed by atoms with Crippen LogP contribution in [0.3, 0.4) is 0 Å². The van der Waals surface area contributed by atoms with Crippen molar-refractivity contribution in [2.24, 2.45) is 0 Å². The van der Waals surface area contributed by atoms with E-state index in [1.807, 2.05) is 23.9 Å². The summed E-state index contributed by atoms with van der Waals surface area (Å²) in [7, 11) is 0. The van der Waals surface area contributed by atoms with Crippen LogP contribution in [0.25, 0.3) is 11.0 Å². The van der Waals surface area contributed by atoms with Crippen LogP contribution in [-0.2, 0) is 11.3 Å². The molecule has 3 aliphatic rings. The highest BCUT2D eigenvalue weighted by molar-refractivity contribution is 7.99. The van der Waals surface area contributed by atoms with Gasteiger partial charge in [0.15, 0.2) is 0 Å². The molecule has 3 fully saturated rings. The van der Waals surface area contributed by atoms with Crippen molar-refractivity contribution in [3.05, 3.63) is 68.7 Å². The molecule has 0 spiro atoms. The van der Waals surface area contributed by atoms with Gasteiger partial charge in [-0.1, -0.05) is 12.1 Å². The maximum absolute atomic E-state index is 14.2. The summed E-state index contributed by atoms with van der Waals surface area (Å²) in [4.78, 5) is 33.9. The number of nitrogens with one attached hydrogen (secondary N) is 1. The molecule has 0 unspecified atom stereocenters. The van der Waals surface area contributed by atoms with Crippen LogP contribution in [0.5, 0.6) is 5.75 Å². The summed E-state index contributed by atoms with van der Waals surface area (Å²) in [5.41, 5.74) is 0.772. The number of aromatic nitrogens is 3. The Morgan fingerprint density at radius 2 is 1.69 bits per heavy atom. The second-order valence-electron chi connectivity index (χ2n) is 11.5. The molecule has 1 N–H and O–H groups in total. The lowest BCUT2D eigenvalue weighted by atomic mass is 9.90. The molecule has 2 aliphatic heterocycles. The van der Waals surface area contributed by atoms with Gasteiger partial charge in [-0.2, -0.15) is 11.8 Å². The fourth-order valence-corrected chi connectivity index (χ4v) is 7.50. The van der Waals surface area contributed by atoms with Crippen LogP contribution in [0.1, 0.15) is 56.2 Å². The summed E-state index contributed by atoms with van der Waals surface area (Å²) in [5.74, 6) is 2.23. The average molecular weight is 598 g/mol. The van der Waals surface area contributed by atoms with E-state index in [-0.39, 0.29) is 23.2 Å². The zero-order valence-electron chi connectivity index (χ0n) is 24.0. The van der Waals surface area contributed by atoms with E-state index in [4.69, 9.17) is 9.47 Å². The molecule has 9 nitrogen and oxygen atoms in total. The van der Waals surface area contributed by atoms with Crippen molar-refractivity contribution in [1.29, 1.82) is 0 Å². The topological polar surface area (TPSA) is 90.6 Å². The largest absolute Gasteiger partial charge is 0.492 e. The van der Waals surface area contributed by atoms with Crippen LogP contribution in [-0.4, -0.2) is 76.0 Å². The molecule has 4 heterocycles. The van der Waals surface area contributed by atoms with Crippen molar-refractivity contribution in [2.75, 3.05) is 51.0 Å². The molecule has 2 saturated heterocycles. The molecule has 1 saturated carbocycles. The van der Waals surface area contributed by atoms with Crippen LogP contribution >= 0.6 is 11.8 Å². The number of hydrogen-bond donors (Lipinski definition) is 1. The molecule has 1 aromatic carbocycles. The molecular weight excluding hydrogens is 557 g/mol. The standard InChI is InChI=1S/C31H40FN5O4S/c32-23-19-28-29(34-21-23)36(26-9-17-42-18-10-26)31(39)37(30(28)38)25-5-3-24(4-6-25)33-20-22-1-7-27(8-2-22)41-16-13-35-11-14-40-15-12-35/h1-2,7-8,19,21,24-26,33H,3-6,9-18,20H2. The molecule has 6 rings (SSSR count). The monoisotopic (exact) mass is 597 g/mol. The molecule has 226 valence electrons. The summed E-state index contributed by atoms with van der Waals surface area (Å²) in [5, 5.41) is 3.85. The number of benzene rings is 1. The third-order valence-corrected chi connectivity index (χ3v) is 9.89. The molecular formula is C31H40FN5O4S. The van der Waals surface area contributed by atoms with Gasteiger partial charge in [-0.25, -0.2) is 14.2 Å². The first-order valence-electron chi connectivity index (χ1n) is 15.2. The van der Waals surface area contributed by atoms with E-state index in [0.29, 0.717) is 18.3 Å². The van der Waals surface area contributed by atoms with Gasteiger partial charge in [-0.05, 0) is 73.8 Å². The van der Waals surface area contributed by atoms with E-state index in [9.17, 15) is 14.0 Å². The first-order valence-corrected chi connectivity index (χ1v) is 16.4. The summed E-state index contributed by atoms with van der Waals surface area (Å²) in [6, 6.07) is 9.55. The van der Waals surface area contributed by atoms with Crippen molar-refractivity contribution in [3.8, 4) is 5.75 Å². The molecule has 0 atom stereocenters. The van der Waals surface area contributed by atoms with E-state index in [1.54, 1.807) is 4.57 Å². The van der Waals surface area contributed by atoms with Crippen LogP contribution in [0, 0.1) is 5.82 Å². The van der Waals surface area contributed by atoms with Gasteiger partial charge in [0, 0.05) is 44.3 Å². The number of morpholine rings is 1. The minimum atomic E-state index is -0.559. The van der Waals surface area contributed by atoms with Crippen LogP contribution in [0.15, 0.2) is 46.1 Å². The van der Waals surface area contributed by atoms with Crippen LogP contribution in [0.2, 0.25) is 0 Å². The number of halogens is 1. The van der Waals surface area contributed by atoms with Gasteiger partial charge in [0.05, 0.1) is 24.8 Å². The number of pyridine rings is 1. The van der Waals surface area contributed by atoms with Crippen molar-refractivity contribution < 1.29 is 13.9 Å². The van der Waals surface area contributed by atoms with Gasteiger partial charge in [0.2, 0.25) is 0 Å². The number of hydrogen-bond acceptors (Lipinski definition) is 8. The minimum absolute atomic E-state index is 0.0226. The van der Waals surface area contributed by atoms with E-state index in [1.165, 1.54) is 16.2 Å². The highest BCUT2D eigenvalue weighted by atomic mass is 32.2. The predicted molar refractivity (Wildman–Crippen MR) is 163 cm³/mol. The van der Waals surface area contributed by atoms with E-state index >= 15 is 0 Å². The second-order valence-corrected chi connectivity index (χ2v) is 12.8. The van der Waals surface area contributed by atoms with E-state index in [2.05, 4.69) is 27.3 Å². The van der Waals surface area contributed by atoms with Crippen molar-refractivity contribution in [3.63, 3.8) is 0 Å². The Balaban J connectivity index is 1.06. The highest BCUT2D eigenvalue weighted by Gasteiger charge is 2.29. The number of ether oxygens (including phenoxy) is 2. The quantitative estimate of drug-likeness (QED) is 0.399. The third kappa shape index (κ3) is 6.74. The Hall–Kier alpha value is -2.73. The Labute approximate surface area is 249 Å². The van der Waals surface area contributed by atoms with Gasteiger partial charge in [-0.15, -0.1) is 0 Å². The van der Waals surface area contributed by atoms with E-state index in [0.717, 1.165) is 101 Å². The molecule has 1 aliphatic carbocycles. The van der Waals surface area contributed by atoms with Gasteiger partial charge < -0.3 is 14.8 Å². The maximum atomic E-state index is 14.2. The third-order valence-electron chi connectivity index (χ3n) is 8.84. The molecule has 42 heavy (non-hydrogen) atoms. The molecule has 0 amide bonds. The summed E-state index contributed by atoms with van der Waals surface area (Å²) in [6.45, 7) is 5.83. The summed E-state index contributed by atoms with van der Waals surface area (Å²) >= 11 is 1.87. The normalized spacial score (nSPS) is 22.4.